The van der Waals surface area contributed by atoms with Crippen LogP contribution in [0.2, 0.25) is 0 Å². The van der Waals surface area contributed by atoms with Gasteiger partial charge in [0.1, 0.15) is 11.4 Å². The number of hydrogen-bond acceptors (Lipinski definition) is 7. The fourth-order valence-electron chi connectivity index (χ4n) is 4.22. The molecule has 4 rings (SSSR count). The van der Waals surface area contributed by atoms with Gasteiger partial charge in [0.05, 0.1) is 13.2 Å². The first-order valence-electron chi connectivity index (χ1n) is 10.0. The van der Waals surface area contributed by atoms with E-state index >= 15 is 0 Å². The number of ether oxygens (including phenoxy) is 1. The number of imide groups is 1. The standard InChI is InChI=1S/C21H26N6O3/c1-30-14-13-26-18(28)21(27(20(26)29)15-16-5-3-2-4-6-16)8-11-25(12-9-21)19-23-10-7-17(22)24-19/h2-7,10H,8-9,11-15H2,1H3,(H2,22,23,24). The molecule has 3 amide bonds. The number of urea groups is 1. The Balaban J connectivity index is 1.59. The summed E-state index contributed by atoms with van der Waals surface area (Å²) in [5.41, 5.74) is 5.92. The first-order chi connectivity index (χ1) is 14.5. The van der Waals surface area contributed by atoms with Gasteiger partial charge < -0.3 is 20.3 Å². The van der Waals surface area contributed by atoms with Crippen molar-refractivity contribution in [2.75, 3.05) is 44.0 Å². The number of carbonyl (C=O) groups excluding carboxylic acids is 2. The molecular formula is C21H26N6O3. The van der Waals surface area contributed by atoms with Crippen LogP contribution in [0.5, 0.6) is 0 Å². The van der Waals surface area contributed by atoms with Gasteiger partial charge >= 0.3 is 6.03 Å². The molecule has 1 aromatic carbocycles. The van der Waals surface area contributed by atoms with Gasteiger partial charge in [-0.05, 0) is 24.5 Å². The van der Waals surface area contributed by atoms with Crippen LogP contribution in [0.4, 0.5) is 16.6 Å². The van der Waals surface area contributed by atoms with Crippen molar-refractivity contribution >= 4 is 23.7 Å². The summed E-state index contributed by atoms with van der Waals surface area (Å²) in [6.45, 7) is 2.08. The molecule has 30 heavy (non-hydrogen) atoms. The molecule has 0 aliphatic carbocycles. The zero-order valence-electron chi connectivity index (χ0n) is 17.0. The Labute approximate surface area is 175 Å². The zero-order chi connectivity index (χ0) is 21.1. The van der Waals surface area contributed by atoms with E-state index in [1.54, 1.807) is 24.3 Å². The Bertz CT molecular complexity index is 914. The highest BCUT2D eigenvalue weighted by atomic mass is 16.5. The molecule has 0 radical (unpaired) electrons. The first-order valence-corrected chi connectivity index (χ1v) is 10.0. The van der Waals surface area contributed by atoms with E-state index in [2.05, 4.69) is 9.97 Å². The third-order valence-corrected chi connectivity index (χ3v) is 5.86. The maximum Gasteiger partial charge on any atom is 0.328 e. The molecule has 9 nitrogen and oxygen atoms in total. The number of aromatic nitrogens is 2. The van der Waals surface area contributed by atoms with Crippen LogP contribution in [0.25, 0.3) is 0 Å². The van der Waals surface area contributed by atoms with Crippen molar-refractivity contribution in [3.05, 3.63) is 48.2 Å². The number of piperidine rings is 1. The molecule has 2 saturated heterocycles. The summed E-state index contributed by atoms with van der Waals surface area (Å²) in [5, 5.41) is 0. The van der Waals surface area contributed by atoms with E-state index in [9.17, 15) is 9.59 Å². The van der Waals surface area contributed by atoms with Crippen molar-refractivity contribution in [2.24, 2.45) is 0 Å². The minimum absolute atomic E-state index is 0.145. The maximum atomic E-state index is 13.4. The first kappa shape index (κ1) is 20.1. The van der Waals surface area contributed by atoms with E-state index in [0.717, 1.165) is 5.56 Å². The van der Waals surface area contributed by atoms with Gasteiger partial charge in [0, 0.05) is 32.9 Å². The molecule has 3 heterocycles. The van der Waals surface area contributed by atoms with Gasteiger partial charge in [-0.2, -0.15) is 4.98 Å². The molecule has 158 valence electrons. The molecule has 0 atom stereocenters. The van der Waals surface area contributed by atoms with E-state index < -0.39 is 5.54 Å². The minimum atomic E-state index is -0.864. The van der Waals surface area contributed by atoms with Gasteiger partial charge in [-0.25, -0.2) is 9.78 Å². The van der Waals surface area contributed by atoms with E-state index in [-0.39, 0.29) is 18.5 Å². The Hall–Kier alpha value is -3.20. The van der Waals surface area contributed by atoms with Crippen molar-refractivity contribution in [1.82, 2.24) is 19.8 Å². The summed E-state index contributed by atoms with van der Waals surface area (Å²) in [4.78, 5) is 40.3. The summed E-state index contributed by atoms with van der Waals surface area (Å²) >= 11 is 0. The molecule has 2 aromatic rings. The largest absolute Gasteiger partial charge is 0.384 e. The minimum Gasteiger partial charge on any atom is -0.384 e. The van der Waals surface area contributed by atoms with Crippen LogP contribution in [-0.4, -0.2) is 70.6 Å². The Morgan fingerprint density at radius 3 is 2.53 bits per heavy atom. The van der Waals surface area contributed by atoms with Crippen molar-refractivity contribution in [3.8, 4) is 0 Å². The van der Waals surface area contributed by atoms with Crippen LogP contribution < -0.4 is 10.6 Å². The zero-order valence-corrected chi connectivity index (χ0v) is 17.0. The highest BCUT2D eigenvalue weighted by molar-refractivity contribution is 6.07. The SMILES string of the molecule is COCCN1C(=O)N(Cc2ccccc2)C2(CCN(c3nccc(N)n3)CC2)C1=O. The number of rotatable bonds is 6. The van der Waals surface area contributed by atoms with Crippen molar-refractivity contribution in [2.45, 2.75) is 24.9 Å². The predicted octanol–water partition coefficient (Wildman–Crippen LogP) is 1.51. The van der Waals surface area contributed by atoms with E-state index in [0.29, 0.717) is 50.8 Å². The molecule has 0 bridgehead atoms. The van der Waals surface area contributed by atoms with Crippen LogP contribution >= 0.6 is 0 Å². The van der Waals surface area contributed by atoms with Crippen LogP contribution in [-0.2, 0) is 16.1 Å². The summed E-state index contributed by atoms with van der Waals surface area (Å²) in [6, 6.07) is 11.1. The number of anilines is 2. The molecule has 1 aromatic heterocycles. The lowest BCUT2D eigenvalue weighted by Gasteiger charge is -2.42. The van der Waals surface area contributed by atoms with Gasteiger partial charge in [0.15, 0.2) is 0 Å². The molecule has 0 unspecified atom stereocenters. The number of nitrogen functional groups attached to an aromatic ring is 1. The van der Waals surface area contributed by atoms with Crippen LogP contribution in [0, 0.1) is 0 Å². The van der Waals surface area contributed by atoms with Crippen molar-refractivity contribution in [1.29, 1.82) is 0 Å². The second kappa shape index (κ2) is 8.27. The Kier molecular flexibility index (Phi) is 5.54. The molecule has 9 heteroatoms. The average Bonchev–Trinajstić information content (AvgIpc) is 2.95. The van der Waals surface area contributed by atoms with E-state index in [4.69, 9.17) is 10.5 Å². The van der Waals surface area contributed by atoms with Gasteiger partial charge in [0.2, 0.25) is 5.95 Å². The molecule has 2 aliphatic rings. The number of hydrogen-bond donors (Lipinski definition) is 1. The monoisotopic (exact) mass is 410 g/mol. The fraction of sp³-hybridized carbons (Fsp3) is 0.429. The quantitative estimate of drug-likeness (QED) is 0.720. The molecule has 1 spiro atoms. The van der Waals surface area contributed by atoms with Crippen LogP contribution in [0.15, 0.2) is 42.6 Å². The van der Waals surface area contributed by atoms with Gasteiger partial charge in [-0.15, -0.1) is 0 Å². The Morgan fingerprint density at radius 1 is 1.13 bits per heavy atom. The van der Waals surface area contributed by atoms with E-state index in [1.807, 2.05) is 35.2 Å². The summed E-state index contributed by atoms with van der Waals surface area (Å²) in [7, 11) is 1.56. The summed E-state index contributed by atoms with van der Waals surface area (Å²) in [5.74, 6) is 0.810. The topological polar surface area (TPSA) is 105 Å². The van der Waals surface area contributed by atoms with Crippen LogP contribution in [0.1, 0.15) is 18.4 Å². The molecule has 2 N–H and O–H groups in total. The highest BCUT2D eigenvalue weighted by Crippen LogP contribution is 2.39. The third kappa shape index (κ3) is 3.56. The second-order valence-corrected chi connectivity index (χ2v) is 7.60. The normalized spacial score (nSPS) is 18.5. The second-order valence-electron chi connectivity index (χ2n) is 7.60. The lowest BCUT2D eigenvalue weighted by molar-refractivity contribution is -0.134. The van der Waals surface area contributed by atoms with Crippen LogP contribution in [0.3, 0.4) is 0 Å². The summed E-state index contributed by atoms with van der Waals surface area (Å²) < 4.78 is 5.11. The molecule has 2 fully saturated rings. The van der Waals surface area contributed by atoms with Crippen molar-refractivity contribution < 1.29 is 14.3 Å². The average molecular weight is 410 g/mol. The predicted molar refractivity (Wildman–Crippen MR) is 112 cm³/mol. The molecule has 2 aliphatic heterocycles. The number of amides is 3. The smallest absolute Gasteiger partial charge is 0.328 e. The van der Waals surface area contributed by atoms with Gasteiger partial charge in [-0.3, -0.25) is 9.69 Å². The number of methoxy groups -OCH3 is 1. The maximum absolute atomic E-state index is 13.4. The van der Waals surface area contributed by atoms with Crippen molar-refractivity contribution in [3.63, 3.8) is 0 Å². The van der Waals surface area contributed by atoms with Gasteiger partial charge in [-0.1, -0.05) is 30.3 Å². The molecule has 0 saturated carbocycles. The highest BCUT2D eigenvalue weighted by Gasteiger charge is 2.57. The number of nitrogens with zero attached hydrogens (tertiary/aromatic N) is 5. The lowest BCUT2D eigenvalue weighted by atomic mass is 9.85. The third-order valence-electron chi connectivity index (χ3n) is 5.86. The van der Waals surface area contributed by atoms with Gasteiger partial charge in [0.25, 0.3) is 5.91 Å². The number of carbonyl (C=O) groups is 2. The Morgan fingerprint density at radius 2 is 1.87 bits per heavy atom. The lowest BCUT2D eigenvalue weighted by Crippen LogP contribution is -2.56. The number of nitrogens with two attached hydrogens (primary N) is 1. The summed E-state index contributed by atoms with van der Waals surface area (Å²) in [6.07, 6.45) is 2.64. The number of benzene rings is 1. The fourth-order valence-corrected chi connectivity index (χ4v) is 4.22. The van der Waals surface area contributed by atoms with E-state index in [1.165, 1.54) is 4.90 Å². The molecular weight excluding hydrogens is 384 g/mol.